The van der Waals surface area contributed by atoms with Gasteiger partial charge in [0, 0.05) is 20.1 Å². The third-order valence-corrected chi connectivity index (χ3v) is 6.05. The second kappa shape index (κ2) is 6.94. The normalized spacial score (nSPS) is 23.6. The smallest absolute Gasteiger partial charge is 0.275 e. The van der Waals surface area contributed by atoms with E-state index in [1.54, 1.807) is 6.07 Å². The molecule has 1 saturated carbocycles. The first kappa shape index (κ1) is 16.5. The van der Waals surface area contributed by atoms with Crippen LogP contribution in [0.5, 0.6) is 0 Å². The SMILES string of the molecule is CCC1CCC(NCc2ccc(S(=O)(=O)N(C)C)o2)CC1. The Bertz CT molecular complexity index is 543. The molecule has 1 fully saturated rings. The lowest BCUT2D eigenvalue weighted by molar-refractivity contribution is 0.277. The molecule has 1 aliphatic carbocycles. The highest BCUT2D eigenvalue weighted by Crippen LogP contribution is 2.26. The van der Waals surface area contributed by atoms with Gasteiger partial charge in [-0.3, -0.25) is 0 Å². The molecule has 0 radical (unpaired) electrons. The van der Waals surface area contributed by atoms with Gasteiger partial charge in [-0.25, -0.2) is 12.7 Å². The van der Waals surface area contributed by atoms with Gasteiger partial charge >= 0.3 is 0 Å². The van der Waals surface area contributed by atoms with Crippen LogP contribution in [0.2, 0.25) is 0 Å². The summed E-state index contributed by atoms with van der Waals surface area (Å²) >= 11 is 0. The first-order chi connectivity index (χ1) is 9.93. The van der Waals surface area contributed by atoms with Crippen molar-refractivity contribution in [3.05, 3.63) is 17.9 Å². The van der Waals surface area contributed by atoms with Crippen LogP contribution in [-0.4, -0.2) is 32.9 Å². The van der Waals surface area contributed by atoms with E-state index >= 15 is 0 Å². The summed E-state index contributed by atoms with van der Waals surface area (Å²) in [6.45, 7) is 2.85. The van der Waals surface area contributed by atoms with Gasteiger partial charge in [0.25, 0.3) is 10.0 Å². The van der Waals surface area contributed by atoms with Crippen molar-refractivity contribution in [3.63, 3.8) is 0 Å². The number of rotatable bonds is 6. The number of furan rings is 1. The first-order valence-electron chi connectivity index (χ1n) is 7.68. The molecule has 5 nitrogen and oxygen atoms in total. The van der Waals surface area contributed by atoms with Crippen LogP contribution in [0.25, 0.3) is 0 Å². The summed E-state index contributed by atoms with van der Waals surface area (Å²) < 4.78 is 30.5. The van der Waals surface area contributed by atoms with Crippen molar-refractivity contribution < 1.29 is 12.8 Å². The predicted octanol–water partition coefficient (Wildman–Crippen LogP) is 2.59. The van der Waals surface area contributed by atoms with Crippen molar-refractivity contribution in [2.75, 3.05) is 14.1 Å². The quantitative estimate of drug-likeness (QED) is 0.876. The van der Waals surface area contributed by atoms with Crippen LogP contribution >= 0.6 is 0 Å². The Kier molecular flexibility index (Phi) is 5.46. The second-order valence-corrected chi connectivity index (χ2v) is 8.10. The summed E-state index contributed by atoms with van der Waals surface area (Å²) in [6, 6.07) is 3.79. The van der Waals surface area contributed by atoms with E-state index in [0.717, 1.165) is 10.2 Å². The molecule has 1 N–H and O–H groups in total. The van der Waals surface area contributed by atoms with Crippen molar-refractivity contribution >= 4 is 10.0 Å². The van der Waals surface area contributed by atoms with Gasteiger partial charge in [-0.1, -0.05) is 13.3 Å². The van der Waals surface area contributed by atoms with Gasteiger partial charge in [0.05, 0.1) is 6.54 Å². The average molecular weight is 314 g/mol. The van der Waals surface area contributed by atoms with Crippen molar-refractivity contribution in [1.82, 2.24) is 9.62 Å². The zero-order valence-electron chi connectivity index (χ0n) is 13.1. The van der Waals surface area contributed by atoms with Crippen molar-refractivity contribution in [2.24, 2.45) is 5.92 Å². The molecule has 1 heterocycles. The number of nitrogens with one attached hydrogen (secondary N) is 1. The summed E-state index contributed by atoms with van der Waals surface area (Å²) in [6.07, 6.45) is 6.24. The topological polar surface area (TPSA) is 62.6 Å². The van der Waals surface area contributed by atoms with E-state index in [-0.39, 0.29) is 5.09 Å². The second-order valence-electron chi connectivity index (χ2n) is 6.01. The average Bonchev–Trinajstić information content (AvgIpc) is 2.95. The number of sulfonamides is 1. The van der Waals surface area contributed by atoms with Gasteiger partial charge in [0.1, 0.15) is 5.76 Å². The Labute approximate surface area is 127 Å². The van der Waals surface area contributed by atoms with Crippen LogP contribution in [-0.2, 0) is 16.6 Å². The van der Waals surface area contributed by atoms with Crippen LogP contribution in [0, 0.1) is 5.92 Å². The standard InChI is InChI=1S/C15H26N2O3S/c1-4-12-5-7-13(8-6-12)16-11-14-9-10-15(20-14)21(18,19)17(2)3/h9-10,12-13,16H,4-8,11H2,1-3H3. The van der Waals surface area contributed by atoms with E-state index in [0.29, 0.717) is 18.3 Å². The summed E-state index contributed by atoms with van der Waals surface area (Å²) in [5, 5.41) is 3.49. The van der Waals surface area contributed by atoms with E-state index in [1.165, 1.54) is 52.3 Å². The highest BCUT2D eigenvalue weighted by Gasteiger charge is 2.22. The zero-order valence-corrected chi connectivity index (χ0v) is 13.9. The summed E-state index contributed by atoms with van der Waals surface area (Å²) in [5.74, 6) is 1.55. The summed E-state index contributed by atoms with van der Waals surface area (Å²) in [4.78, 5) is 0. The molecule has 0 saturated heterocycles. The molecule has 120 valence electrons. The largest absolute Gasteiger partial charge is 0.447 e. The molecule has 0 aromatic carbocycles. The van der Waals surface area contributed by atoms with E-state index in [4.69, 9.17) is 4.42 Å². The van der Waals surface area contributed by atoms with Crippen LogP contribution in [0.4, 0.5) is 0 Å². The molecule has 6 heteroatoms. The Morgan fingerprint density at radius 1 is 1.24 bits per heavy atom. The maximum atomic E-state index is 11.9. The first-order valence-corrected chi connectivity index (χ1v) is 9.12. The van der Waals surface area contributed by atoms with E-state index in [1.807, 2.05) is 0 Å². The Morgan fingerprint density at radius 3 is 2.48 bits per heavy atom. The molecule has 0 spiro atoms. The summed E-state index contributed by atoms with van der Waals surface area (Å²) in [5.41, 5.74) is 0. The van der Waals surface area contributed by atoms with Crippen molar-refractivity contribution in [1.29, 1.82) is 0 Å². The van der Waals surface area contributed by atoms with E-state index in [2.05, 4.69) is 12.2 Å². The minimum absolute atomic E-state index is 0.0130. The van der Waals surface area contributed by atoms with Gasteiger partial charge in [0.2, 0.25) is 5.09 Å². The van der Waals surface area contributed by atoms with E-state index < -0.39 is 10.0 Å². The maximum absolute atomic E-state index is 11.9. The van der Waals surface area contributed by atoms with Gasteiger partial charge in [-0.05, 0) is 43.7 Å². The zero-order chi connectivity index (χ0) is 15.5. The number of nitrogens with zero attached hydrogens (tertiary/aromatic N) is 1. The molecular weight excluding hydrogens is 288 g/mol. The molecule has 0 unspecified atom stereocenters. The molecule has 21 heavy (non-hydrogen) atoms. The molecule has 0 amide bonds. The van der Waals surface area contributed by atoms with Gasteiger partial charge < -0.3 is 9.73 Å². The molecule has 0 atom stereocenters. The highest BCUT2D eigenvalue weighted by molar-refractivity contribution is 7.88. The lowest BCUT2D eigenvalue weighted by Crippen LogP contribution is -2.32. The van der Waals surface area contributed by atoms with Gasteiger partial charge in [-0.15, -0.1) is 0 Å². The molecule has 0 bridgehead atoms. The molecule has 0 aliphatic heterocycles. The van der Waals surface area contributed by atoms with Crippen LogP contribution in [0.1, 0.15) is 44.8 Å². The Hall–Kier alpha value is -0.850. The third kappa shape index (κ3) is 4.08. The fourth-order valence-corrected chi connectivity index (χ4v) is 3.60. The minimum Gasteiger partial charge on any atom is -0.447 e. The summed E-state index contributed by atoms with van der Waals surface area (Å²) in [7, 11) is -0.467. The third-order valence-electron chi connectivity index (χ3n) is 4.36. The van der Waals surface area contributed by atoms with Crippen LogP contribution < -0.4 is 5.32 Å². The molecular formula is C15H26N2O3S. The van der Waals surface area contributed by atoms with Crippen molar-refractivity contribution in [2.45, 2.75) is 56.7 Å². The van der Waals surface area contributed by atoms with Crippen LogP contribution in [0.3, 0.4) is 0 Å². The molecule has 1 aromatic rings. The Balaban J connectivity index is 1.87. The van der Waals surface area contributed by atoms with Crippen molar-refractivity contribution in [3.8, 4) is 0 Å². The maximum Gasteiger partial charge on any atom is 0.275 e. The predicted molar refractivity (Wildman–Crippen MR) is 82.5 cm³/mol. The van der Waals surface area contributed by atoms with Gasteiger partial charge in [-0.2, -0.15) is 0 Å². The van der Waals surface area contributed by atoms with Crippen LogP contribution in [0.15, 0.2) is 21.6 Å². The molecule has 1 aliphatic rings. The fourth-order valence-electron chi connectivity index (χ4n) is 2.79. The molecule has 2 rings (SSSR count). The lowest BCUT2D eigenvalue weighted by Gasteiger charge is -2.28. The molecule has 1 aromatic heterocycles. The fraction of sp³-hybridized carbons (Fsp3) is 0.733. The monoisotopic (exact) mass is 314 g/mol. The van der Waals surface area contributed by atoms with E-state index in [9.17, 15) is 8.42 Å². The minimum atomic E-state index is -3.47. The highest BCUT2D eigenvalue weighted by atomic mass is 32.2. The number of hydrogen-bond donors (Lipinski definition) is 1. The lowest BCUT2D eigenvalue weighted by atomic mass is 9.84. The Morgan fingerprint density at radius 2 is 1.90 bits per heavy atom. The number of hydrogen-bond acceptors (Lipinski definition) is 4. The van der Waals surface area contributed by atoms with Gasteiger partial charge in [0.15, 0.2) is 0 Å².